The van der Waals surface area contributed by atoms with Crippen LogP contribution in [-0.4, -0.2) is 74.9 Å². The first-order chi connectivity index (χ1) is 29.0. The zero-order valence-corrected chi connectivity index (χ0v) is 41.1. The third-order valence-corrected chi connectivity index (χ3v) is 12.3. The molecule has 0 aliphatic heterocycles. The van der Waals surface area contributed by atoms with Gasteiger partial charge in [-0.2, -0.15) is 0 Å². The van der Waals surface area contributed by atoms with Crippen LogP contribution >= 0.6 is 7.82 Å². The number of hydrogen-bond acceptors (Lipinski definition) is 7. The molecule has 0 bridgehead atoms. The van der Waals surface area contributed by atoms with Crippen LogP contribution in [0.25, 0.3) is 0 Å². The molecule has 0 fully saturated rings. The highest BCUT2D eigenvalue weighted by Gasteiger charge is 2.27. The summed E-state index contributed by atoms with van der Waals surface area (Å²) in [4.78, 5) is 35.5. The van der Waals surface area contributed by atoms with Gasteiger partial charge in [0.25, 0.3) is 0 Å². The van der Waals surface area contributed by atoms with Crippen molar-refractivity contribution in [3.63, 3.8) is 0 Å². The second-order valence-electron chi connectivity index (χ2n) is 18.6. The number of carbonyl (C=O) groups excluding carboxylic acids is 2. The summed E-state index contributed by atoms with van der Waals surface area (Å²) in [7, 11) is 1.49. The Balaban J connectivity index is 4.21. The summed E-state index contributed by atoms with van der Waals surface area (Å²) in [5, 5.41) is 0. The smallest absolute Gasteiger partial charge is 0.462 e. The van der Waals surface area contributed by atoms with E-state index in [0.29, 0.717) is 23.9 Å². The van der Waals surface area contributed by atoms with E-state index in [1.54, 1.807) is 0 Å². The van der Waals surface area contributed by atoms with Crippen LogP contribution < -0.4 is 0 Å². The third kappa shape index (κ3) is 46.3. The van der Waals surface area contributed by atoms with Crippen LogP contribution in [0.1, 0.15) is 245 Å². The van der Waals surface area contributed by atoms with Gasteiger partial charge in [-0.25, -0.2) is 4.57 Å². The number of quaternary nitrogens is 1. The van der Waals surface area contributed by atoms with Crippen molar-refractivity contribution in [1.82, 2.24) is 0 Å². The molecule has 1 N–H and O–H groups in total. The minimum absolute atomic E-state index is 0.0352. The van der Waals surface area contributed by atoms with Gasteiger partial charge < -0.3 is 18.9 Å². The van der Waals surface area contributed by atoms with Crippen LogP contribution in [0.5, 0.6) is 0 Å². The van der Waals surface area contributed by atoms with Crippen LogP contribution in [0.3, 0.4) is 0 Å². The molecule has 0 radical (unpaired) electrons. The summed E-state index contributed by atoms with van der Waals surface area (Å²) in [6, 6.07) is 0. The third-order valence-electron chi connectivity index (χ3n) is 11.3. The lowest BCUT2D eigenvalue weighted by Crippen LogP contribution is -2.37. The van der Waals surface area contributed by atoms with Gasteiger partial charge in [-0.1, -0.05) is 206 Å². The van der Waals surface area contributed by atoms with Gasteiger partial charge in [0.2, 0.25) is 0 Å². The van der Waals surface area contributed by atoms with Crippen LogP contribution in [0, 0.1) is 0 Å². The largest absolute Gasteiger partial charge is 0.472 e. The molecule has 0 aliphatic carbocycles. The average molecular weight is 873 g/mol. The Bertz CT molecular complexity index is 1030. The Morgan fingerprint density at radius 3 is 1.23 bits per heavy atom. The molecule has 0 heterocycles. The number of phosphoric acid groups is 1. The molecule has 0 saturated heterocycles. The summed E-state index contributed by atoms with van der Waals surface area (Å²) < 4.78 is 34.4. The lowest BCUT2D eigenvalue weighted by molar-refractivity contribution is -0.870. The number of rotatable bonds is 47. The van der Waals surface area contributed by atoms with E-state index in [2.05, 4.69) is 26.0 Å². The molecule has 1 unspecified atom stereocenters. The molecule has 0 aliphatic rings. The highest BCUT2D eigenvalue weighted by atomic mass is 31.2. The van der Waals surface area contributed by atoms with E-state index in [4.69, 9.17) is 18.5 Å². The van der Waals surface area contributed by atoms with Crippen molar-refractivity contribution in [3.8, 4) is 0 Å². The number of allylic oxidation sites excluding steroid dienone is 2. The van der Waals surface area contributed by atoms with Gasteiger partial charge in [0.05, 0.1) is 27.7 Å². The summed E-state index contributed by atoms with van der Waals surface area (Å²) in [6.07, 6.45) is 46.9. The normalized spacial score (nSPS) is 13.5. The molecule has 60 heavy (non-hydrogen) atoms. The number of phosphoric ester groups is 1. The van der Waals surface area contributed by atoms with E-state index < -0.39 is 26.5 Å². The first-order valence-electron chi connectivity index (χ1n) is 25.4. The number of nitrogens with zero attached hydrogens (tertiary/aromatic N) is 1. The average Bonchev–Trinajstić information content (AvgIpc) is 3.20. The molecule has 0 aromatic carbocycles. The number of hydrogen-bond donors (Lipinski definition) is 1. The fourth-order valence-electron chi connectivity index (χ4n) is 7.31. The molecule has 0 aromatic heterocycles. The second-order valence-corrected chi connectivity index (χ2v) is 20.0. The quantitative estimate of drug-likeness (QED) is 0.0212. The molecule has 2 atom stereocenters. The van der Waals surface area contributed by atoms with Gasteiger partial charge in [-0.05, 0) is 38.5 Å². The molecule has 0 spiro atoms. The van der Waals surface area contributed by atoms with Gasteiger partial charge in [0, 0.05) is 12.8 Å². The molecule has 9 nitrogen and oxygen atoms in total. The van der Waals surface area contributed by atoms with E-state index >= 15 is 0 Å². The highest BCUT2D eigenvalue weighted by Crippen LogP contribution is 2.43. The maximum absolute atomic E-state index is 12.7. The summed E-state index contributed by atoms with van der Waals surface area (Å²) in [5.74, 6) is -0.784. The number of ether oxygens (including phenoxy) is 2. The Kier molecular flexibility index (Phi) is 42.1. The molecular formula is C50H99NO8P+. The number of likely N-dealkylation sites (N-methyl/N-ethyl adjacent to an activating group) is 1. The van der Waals surface area contributed by atoms with Gasteiger partial charge >= 0.3 is 19.8 Å². The Morgan fingerprint density at radius 1 is 0.500 bits per heavy atom. The number of esters is 2. The Hall–Kier alpha value is -1.25. The maximum Gasteiger partial charge on any atom is 0.472 e. The predicted octanol–water partition coefficient (Wildman–Crippen LogP) is 14.9. The zero-order chi connectivity index (χ0) is 44.3. The van der Waals surface area contributed by atoms with Crippen molar-refractivity contribution in [3.05, 3.63) is 12.2 Å². The molecule has 356 valence electrons. The minimum atomic E-state index is -4.37. The molecule has 0 aromatic rings. The lowest BCUT2D eigenvalue weighted by Gasteiger charge is -2.24. The number of unbranched alkanes of at least 4 members (excludes halogenated alkanes) is 31. The number of carbonyl (C=O) groups is 2. The van der Waals surface area contributed by atoms with Crippen LogP contribution in [0.15, 0.2) is 12.2 Å². The van der Waals surface area contributed by atoms with Crippen molar-refractivity contribution in [2.75, 3.05) is 47.5 Å². The van der Waals surface area contributed by atoms with Gasteiger partial charge in [-0.15, -0.1) is 0 Å². The molecule has 0 saturated carbocycles. The van der Waals surface area contributed by atoms with E-state index in [9.17, 15) is 19.0 Å². The molecular weight excluding hydrogens is 774 g/mol. The van der Waals surface area contributed by atoms with Crippen molar-refractivity contribution < 1.29 is 42.1 Å². The zero-order valence-electron chi connectivity index (χ0n) is 40.2. The van der Waals surface area contributed by atoms with Crippen molar-refractivity contribution >= 4 is 19.8 Å². The maximum atomic E-state index is 12.7. The monoisotopic (exact) mass is 873 g/mol. The van der Waals surface area contributed by atoms with Gasteiger partial charge in [-0.3, -0.25) is 18.6 Å². The van der Waals surface area contributed by atoms with Crippen LogP contribution in [0.2, 0.25) is 0 Å². The SMILES string of the molecule is CCCCCCCC/C=C/CCCCCCCCCCCCCC(=O)O[C@H](COC(=O)CCCCCCCCCCCCCCCCC)COP(=O)(O)OCC[N+](C)(C)C. The molecule has 0 amide bonds. The standard InChI is InChI=1S/C50H98NO8P/c1-6-8-10-12-14-16-18-20-22-23-24-25-26-27-29-31-33-35-37-39-41-43-50(53)59-48(47-58-60(54,55)57-45-44-51(3,4)5)46-56-49(52)42-40-38-36-34-32-30-28-21-19-17-15-13-11-9-7-2/h20,22,48H,6-19,21,23-47H2,1-5H3/p+1/b22-20+/t48-/m1/s1. The van der Waals surface area contributed by atoms with E-state index in [0.717, 1.165) is 32.1 Å². The van der Waals surface area contributed by atoms with E-state index in [1.165, 1.54) is 180 Å². The second kappa shape index (κ2) is 43.0. The first kappa shape index (κ1) is 58.8. The minimum Gasteiger partial charge on any atom is -0.462 e. The summed E-state index contributed by atoms with van der Waals surface area (Å²) in [6.45, 7) is 4.46. The Morgan fingerprint density at radius 2 is 0.850 bits per heavy atom. The fraction of sp³-hybridized carbons (Fsp3) is 0.920. The fourth-order valence-corrected chi connectivity index (χ4v) is 8.05. The predicted molar refractivity (Wildman–Crippen MR) is 252 cm³/mol. The van der Waals surface area contributed by atoms with Crippen molar-refractivity contribution in [1.29, 1.82) is 0 Å². The van der Waals surface area contributed by atoms with Crippen molar-refractivity contribution in [2.45, 2.75) is 251 Å². The van der Waals surface area contributed by atoms with Gasteiger partial charge in [0.1, 0.15) is 19.8 Å². The topological polar surface area (TPSA) is 108 Å². The summed E-state index contributed by atoms with van der Waals surface area (Å²) >= 11 is 0. The summed E-state index contributed by atoms with van der Waals surface area (Å²) in [5.41, 5.74) is 0. The molecule has 0 rings (SSSR count). The highest BCUT2D eigenvalue weighted by molar-refractivity contribution is 7.47. The van der Waals surface area contributed by atoms with E-state index in [-0.39, 0.29) is 25.6 Å². The van der Waals surface area contributed by atoms with Crippen LogP contribution in [0.4, 0.5) is 0 Å². The lowest BCUT2D eigenvalue weighted by atomic mass is 10.0. The van der Waals surface area contributed by atoms with Gasteiger partial charge in [0.15, 0.2) is 6.10 Å². The van der Waals surface area contributed by atoms with E-state index in [1.807, 2.05) is 21.1 Å². The van der Waals surface area contributed by atoms with Crippen LogP contribution in [-0.2, 0) is 32.7 Å². The Labute approximate surface area is 371 Å². The van der Waals surface area contributed by atoms with Crippen molar-refractivity contribution in [2.24, 2.45) is 0 Å². The molecule has 10 heteroatoms. The first-order valence-corrected chi connectivity index (χ1v) is 26.9.